The zero-order valence-corrected chi connectivity index (χ0v) is 12.6. The van der Waals surface area contributed by atoms with Crippen molar-refractivity contribution in [3.05, 3.63) is 65.0 Å². The highest BCUT2D eigenvalue weighted by atomic mass is 79.9. The molecular weight excluding hydrogens is 286 g/mol. The van der Waals surface area contributed by atoms with Crippen LogP contribution in [0, 0.1) is 13.8 Å². The maximum Gasteiger partial charge on any atom is 0.0461 e. The zero-order chi connectivity index (χ0) is 13.1. The van der Waals surface area contributed by atoms with Gasteiger partial charge in [-0.1, -0.05) is 41.1 Å². The van der Waals surface area contributed by atoms with E-state index in [4.69, 9.17) is 0 Å². The molecule has 2 aromatic rings. The molecule has 0 fully saturated rings. The van der Waals surface area contributed by atoms with Gasteiger partial charge in [0.25, 0.3) is 0 Å². The quantitative estimate of drug-likeness (QED) is 0.732. The van der Waals surface area contributed by atoms with Crippen molar-refractivity contribution >= 4 is 15.9 Å². The molecule has 2 heteroatoms. The van der Waals surface area contributed by atoms with E-state index < -0.39 is 0 Å². The van der Waals surface area contributed by atoms with Crippen molar-refractivity contribution in [1.82, 2.24) is 4.98 Å². The van der Waals surface area contributed by atoms with Crippen LogP contribution < -0.4 is 0 Å². The molecule has 94 valence electrons. The highest BCUT2D eigenvalue weighted by molar-refractivity contribution is 9.09. The van der Waals surface area contributed by atoms with Crippen LogP contribution in [0.2, 0.25) is 0 Å². The summed E-state index contributed by atoms with van der Waals surface area (Å²) in [6, 6.07) is 10.8. The van der Waals surface area contributed by atoms with Crippen LogP contribution >= 0.6 is 15.9 Å². The van der Waals surface area contributed by atoms with Crippen LogP contribution in [0.1, 0.15) is 39.9 Å². The predicted molar refractivity (Wildman–Crippen MR) is 80.2 cm³/mol. The van der Waals surface area contributed by atoms with Crippen LogP contribution in [0.5, 0.6) is 0 Å². The molecule has 0 aliphatic carbocycles. The largest absolute Gasteiger partial charge is 0.265 e. The normalized spacial score (nSPS) is 14.2. The van der Waals surface area contributed by atoms with Crippen molar-refractivity contribution in [3.63, 3.8) is 0 Å². The van der Waals surface area contributed by atoms with Gasteiger partial charge in [-0.15, -0.1) is 0 Å². The molecule has 0 radical (unpaired) electrons. The minimum atomic E-state index is 0.333. The second-order valence-electron chi connectivity index (χ2n) is 4.81. The maximum absolute atomic E-state index is 4.07. The Morgan fingerprint density at radius 2 is 1.61 bits per heavy atom. The van der Waals surface area contributed by atoms with Gasteiger partial charge in [0.1, 0.15) is 0 Å². The van der Waals surface area contributed by atoms with Crippen LogP contribution in [0.3, 0.4) is 0 Å². The highest BCUT2D eigenvalue weighted by Crippen LogP contribution is 2.37. The lowest BCUT2D eigenvalue weighted by molar-refractivity contribution is 0.749. The van der Waals surface area contributed by atoms with E-state index in [-0.39, 0.29) is 0 Å². The van der Waals surface area contributed by atoms with E-state index in [1.807, 2.05) is 12.4 Å². The van der Waals surface area contributed by atoms with Crippen molar-refractivity contribution in [2.45, 2.75) is 31.5 Å². The maximum atomic E-state index is 4.07. The zero-order valence-electron chi connectivity index (χ0n) is 11.0. The Kier molecular flexibility index (Phi) is 4.18. The number of rotatable bonds is 3. The number of hydrogen-bond acceptors (Lipinski definition) is 1. The van der Waals surface area contributed by atoms with Gasteiger partial charge < -0.3 is 0 Å². The molecule has 0 N–H and O–H groups in total. The van der Waals surface area contributed by atoms with E-state index in [9.17, 15) is 0 Å². The number of pyridine rings is 1. The average Bonchev–Trinajstić information content (AvgIpc) is 2.41. The van der Waals surface area contributed by atoms with Gasteiger partial charge in [-0.25, -0.2) is 0 Å². The van der Waals surface area contributed by atoms with Crippen LogP contribution in [0.4, 0.5) is 0 Å². The molecule has 0 aliphatic rings. The van der Waals surface area contributed by atoms with E-state index in [1.54, 1.807) is 0 Å². The topological polar surface area (TPSA) is 12.9 Å². The first-order chi connectivity index (χ1) is 8.59. The summed E-state index contributed by atoms with van der Waals surface area (Å²) < 4.78 is 0. The van der Waals surface area contributed by atoms with Crippen LogP contribution in [0.15, 0.2) is 42.7 Å². The summed E-state index contributed by atoms with van der Waals surface area (Å²) in [5, 5.41) is 0. The molecule has 0 aliphatic heterocycles. The molecule has 0 bridgehead atoms. The molecule has 1 nitrogen and oxygen atoms in total. The molecule has 0 amide bonds. The third-order valence-electron chi connectivity index (χ3n) is 3.52. The molecule has 0 saturated carbocycles. The van der Waals surface area contributed by atoms with E-state index in [0.717, 1.165) is 0 Å². The van der Waals surface area contributed by atoms with Crippen molar-refractivity contribution in [3.8, 4) is 0 Å². The Balaban J connectivity index is 2.25. The fourth-order valence-corrected chi connectivity index (χ4v) is 2.65. The molecule has 2 atom stereocenters. The lowest BCUT2D eigenvalue weighted by Gasteiger charge is -2.20. The second-order valence-corrected chi connectivity index (χ2v) is 5.80. The molecule has 2 unspecified atom stereocenters. The summed E-state index contributed by atoms with van der Waals surface area (Å²) in [5.74, 6) is 0.426. The average molecular weight is 304 g/mol. The van der Waals surface area contributed by atoms with Crippen LogP contribution in [-0.2, 0) is 0 Å². The third kappa shape index (κ3) is 2.81. The fourth-order valence-electron chi connectivity index (χ4n) is 2.06. The van der Waals surface area contributed by atoms with Crippen molar-refractivity contribution < 1.29 is 0 Å². The molecule has 1 aromatic heterocycles. The third-order valence-corrected chi connectivity index (χ3v) is 4.84. The number of benzene rings is 1. The Morgan fingerprint density at radius 3 is 2.22 bits per heavy atom. The van der Waals surface area contributed by atoms with Gasteiger partial charge in [0.2, 0.25) is 0 Å². The smallest absolute Gasteiger partial charge is 0.0461 e. The summed E-state index contributed by atoms with van der Waals surface area (Å²) >= 11 is 3.83. The van der Waals surface area contributed by atoms with Gasteiger partial charge >= 0.3 is 0 Å². The minimum absolute atomic E-state index is 0.333. The summed E-state index contributed by atoms with van der Waals surface area (Å²) in [6.07, 6.45) is 3.71. The fraction of sp³-hybridized carbons (Fsp3) is 0.312. The number of alkyl halides is 1. The van der Waals surface area contributed by atoms with Gasteiger partial charge in [-0.3, -0.25) is 4.98 Å². The lowest BCUT2D eigenvalue weighted by atomic mass is 9.93. The summed E-state index contributed by atoms with van der Waals surface area (Å²) in [5.41, 5.74) is 5.33. The summed E-state index contributed by atoms with van der Waals surface area (Å²) in [4.78, 5) is 4.40. The number of halogens is 1. The van der Waals surface area contributed by atoms with Gasteiger partial charge in [0.15, 0.2) is 0 Å². The van der Waals surface area contributed by atoms with Gasteiger partial charge in [0.05, 0.1) is 0 Å². The molecule has 0 saturated heterocycles. The Labute approximate surface area is 117 Å². The molecule has 1 aromatic carbocycles. The first kappa shape index (κ1) is 13.3. The van der Waals surface area contributed by atoms with E-state index in [1.165, 1.54) is 22.3 Å². The van der Waals surface area contributed by atoms with E-state index >= 15 is 0 Å². The summed E-state index contributed by atoms with van der Waals surface area (Å²) in [6.45, 7) is 6.55. The van der Waals surface area contributed by atoms with Crippen molar-refractivity contribution in [1.29, 1.82) is 0 Å². The number of aromatic nitrogens is 1. The SMILES string of the molecule is Cc1ccc(C(Br)C(C)c2ccncc2)cc1C. The number of aryl methyl sites for hydroxylation is 2. The molecule has 0 spiro atoms. The second kappa shape index (κ2) is 5.66. The molecular formula is C16H18BrN. The molecule has 1 heterocycles. The van der Waals surface area contributed by atoms with Gasteiger partial charge in [0, 0.05) is 17.2 Å². The van der Waals surface area contributed by atoms with Gasteiger partial charge in [-0.2, -0.15) is 0 Å². The minimum Gasteiger partial charge on any atom is -0.265 e. The molecule has 2 rings (SSSR count). The van der Waals surface area contributed by atoms with E-state index in [2.05, 4.69) is 72.0 Å². The first-order valence-corrected chi connectivity index (χ1v) is 7.12. The predicted octanol–water partition coefficient (Wildman–Crippen LogP) is 4.94. The number of hydrogen-bond donors (Lipinski definition) is 0. The lowest BCUT2D eigenvalue weighted by Crippen LogP contribution is -2.03. The van der Waals surface area contributed by atoms with E-state index in [0.29, 0.717) is 10.7 Å². The standard InChI is InChI=1S/C16H18BrN/c1-11-4-5-15(10-12(11)2)16(17)13(3)14-6-8-18-9-7-14/h4-10,13,16H,1-3H3. The first-order valence-electron chi connectivity index (χ1n) is 6.20. The van der Waals surface area contributed by atoms with Crippen LogP contribution in [0.25, 0.3) is 0 Å². The Hall–Kier alpha value is -1.15. The monoisotopic (exact) mass is 303 g/mol. The van der Waals surface area contributed by atoms with Crippen molar-refractivity contribution in [2.24, 2.45) is 0 Å². The summed E-state index contributed by atoms with van der Waals surface area (Å²) in [7, 11) is 0. The van der Waals surface area contributed by atoms with Gasteiger partial charge in [-0.05, 0) is 54.2 Å². The Morgan fingerprint density at radius 1 is 0.944 bits per heavy atom. The van der Waals surface area contributed by atoms with Crippen LogP contribution in [-0.4, -0.2) is 4.98 Å². The highest BCUT2D eigenvalue weighted by Gasteiger charge is 2.18. The molecule has 18 heavy (non-hydrogen) atoms. The Bertz CT molecular complexity index is 522. The number of nitrogens with zero attached hydrogens (tertiary/aromatic N) is 1. The van der Waals surface area contributed by atoms with Crippen molar-refractivity contribution in [2.75, 3.05) is 0 Å².